The van der Waals surface area contributed by atoms with Gasteiger partial charge in [-0.3, -0.25) is 0 Å². The molecule has 65 heavy (non-hydrogen) atoms. The second kappa shape index (κ2) is 14.5. The molecule has 11 rings (SSSR count). The van der Waals surface area contributed by atoms with Crippen LogP contribution >= 0.6 is 0 Å². The molecule has 2 aliphatic rings. The summed E-state index contributed by atoms with van der Waals surface area (Å²) in [6.07, 6.45) is 0. The van der Waals surface area contributed by atoms with Gasteiger partial charge in [-0.1, -0.05) is 142 Å². The molecule has 0 N–H and O–H groups in total. The summed E-state index contributed by atoms with van der Waals surface area (Å²) in [5.74, 6) is 5.21. The first-order chi connectivity index (χ1) is 31.0. The molecule has 0 unspecified atom stereocenters. The van der Waals surface area contributed by atoms with Crippen LogP contribution in [0.3, 0.4) is 0 Å². The summed E-state index contributed by atoms with van der Waals surface area (Å²) in [4.78, 5) is 0. The maximum absolute atomic E-state index is 7.16. The molecule has 0 radical (unpaired) electrons. The van der Waals surface area contributed by atoms with E-state index in [0.717, 1.165) is 78.5 Å². The largest absolute Gasteiger partial charge is 0.458 e. The quantitative estimate of drug-likeness (QED) is 0.128. The summed E-state index contributed by atoms with van der Waals surface area (Å²) in [6, 6.07) is 44.6. The Hall–Kier alpha value is -6.53. The molecule has 7 aromatic carbocycles. The minimum atomic E-state index is -0.0216. The molecule has 0 bridgehead atoms. The van der Waals surface area contributed by atoms with E-state index in [1.165, 1.54) is 49.9 Å². The van der Waals surface area contributed by atoms with Crippen LogP contribution in [0, 0.1) is 6.92 Å². The zero-order valence-corrected chi connectivity index (χ0v) is 39.9. The van der Waals surface area contributed by atoms with Gasteiger partial charge in [0.15, 0.2) is 16.6 Å². The Balaban J connectivity index is 1.09. The van der Waals surface area contributed by atoms with E-state index in [4.69, 9.17) is 13.9 Å². The van der Waals surface area contributed by atoms with E-state index in [2.05, 4.69) is 214 Å². The number of hydrogen-bond acceptors (Lipinski definition) is 3. The molecule has 0 spiro atoms. The van der Waals surface area contributed by atoms with E-state index in [0.29, 0.717) is 11.8 Å². The van der Waals surface area contributed by atoms with Crippen molar-refractivity contribution in [2.75, 3.05) is 0 Å². The van der Waals surface area contributed by atoms with Crippen LogP contribution in [0.2, 0.25) is 0 Å². The number of furan rings is 1. The van der Waals surface area contributed by atoms with Gasteiger partial charge >= 0.3 is 0 Å². The van der Waals surface area contributed by atoms with Gasteiger partial charge in [-0.2, -0.15) is 4.57 Å². The summed E-state index contributed by atoms with van der Waals surface area (Å²) >= 11 is 0. The summed E-state index contributed by atoms with van der Waals surface area (Å²) in [7, 11) is 2.20. The Morgan fingerprint density at radius 1 is 0.585 bits per heavy atom. The zero-order chi connectivity index (χ0) is 45.4. The van der Waals surface area contributed by atoms with Gasteiger partial charge in [-0.05, 0) is 117 Å². The van der Waals surface area contributed by atoms with Gasteiger partial charge in [-0.15, -0.1) is 0 Å². The number of imidazole rings is 1. The molecule has 9 aromatic rings. The molecule has 4 heterocycles. The highest BCUT2D eigenvalue weighted by Gasteiger charge is 2.42. The van der Waals surface area contributed by atoms with Crippen molar-refractivity contribution in [1.82, 2.24) is 4.57 Å². The molecule has 2 aromatic heterocycles. The third kappa shape index (κ3) is 6.38. The van der Waals surface area contributed by atoms with Crippen molar-refractivity contribution in [3.63, 3.8) is 0 Å². The number of nitrogens with zero attached hydrogens (tertiary/aromatic N) is 2. The van der Waals surface area contributed by atoms with Gasteiger partial charge in [0.05, 0.1) is 7.05 Å². The van der Waals surface area contributed by atoms with Gasteiger partial charge in [0, 0.05) is 27.4 Å². The van der Waals surface area contributed by atoms with Crippen molar-refractivity contribution in [2.45, 2.75) is 98.8 Å². The maximum atomic E-state index is 7.16. The van der Waals surface area contributed by atoms with Gasteiger partial charge in [0.1, 0.15) is 39.8 Å². The minimum Gasteiger partial charge on any atom is -0.458 e. The Kier molecular flexibility index (Phi) is 9.18. The van der Waals surface area contributed by atoms with Crippen LogP contribution in [0.4, 0.5) is 0 Å². The molecule has 5 nitrogen and oxygen atoms in total. The molecule has 6 heteroatoms. The van der Waals surface area contributed by atoms with Crippen LogP contribution in [0.15, 0.2) is 126 Å². The van der Waals surface area contributed by atoms with Crippen LogP contribution in [0.1, 0.15) is 109 Å². The first kappa shape index (κ1) is 41.2. The van der Waals surface area contributed by atoms with Gasteiger partial charge in [0.2, 0.25) is 0 Å². The second-order valence-electron chi connectivity index (χ2n) is 21.3. The van der Waals surface area contributed by atoms with Crippen LogP contribution in [-0.4, -0.2) is 11.3 Å². The van der Waals surface area contributed by atoms with E-state index in [9.17, 15) is 0 Å². The number of ether oxygens (including phenoxy) is 2. The molecular formula is C59H58BN2O3+. The fourth-order valence-corrected chi connectivity index (χ4v) is 10.6. The van der Waals surface area contributed by atoms with Crippen molar-refractivity contribution in [3.05, 3.63) is 149 Å². The summed E-state index contributed by atoms with van der Waals surface area (Å²) in [6.45, 7) is 25.0. The fourth-order valence-electron chi connectivity index (χ4n) is 10.6. The Morgan fingerprint density at radius 3 is 1.75 bits per heavy atom. The topological polar surface area (TPSA) is 40.4 Å². The number of hydrogen-bond donors (Lipinski definition) is 0. The minimum absolute atomic E-state index is 0.00935. The predicted octanol–water partition coefficient (Wildman–Crippen LogP) is 13.6. The first-order valence-corrected chi connectivity index (χ1v) is 23.4. The van der Waals surface area contributed by atoms with Gasteiger partial charge < -0.3 is 13.9 Å². The van der Waals surface area contributed by atoms with Crippen molar-refractivity contribution in [2.24, 2.45) is 7.05 Å². The number of fused-ring (bicyclic) bond motifs is 8. The molecule has 2 aliphatic heterocycles. The van der Waals surface area contributed by atoms with Crippen molar-refractivity contribution >= 4 is 56.1 Å². The Morgan fingerprint density at radius 2 is 1.17 bits per heavy atom. The van der Waals surface area contributed by atoms with E-state index >= 15 is 0 Å². The Labute approximate surface area is 383 Å². The number of benzene rings is 7. The normalized spacial score (nSPS) is 13.4. The van der Waals surface area contributed by atoms with E-state index in [-0.39, 0.29) is 17.5 Å². The molecule has 324 valence electrons. The van der Waals surface area contributed by atoms with Crippen molar-refractivity contribution in [3.8, 4) is 51.2 Å². The highest BCUT2D eigenvalue weighted by Crippen LogP contribution is 2.44. The summed E-state index contributed by atoms with van der Waals surface area (Å²) < 4.78 is 25.8. The SMILES string of the molecule is Cc1ccc2c(oc3cc(-c4cc5c6c(c4)Oc4ccc(C(C)(C)C)cc4B6c4cc(C(C)(C)C)ccc4O5)ccc32)c1-c1n(-c2c(C(C)C)cccc2C(C)C)c2ccccc2[n+]1C. The zero-order valence-electron chi connectivity index (χ0n) is 39.9. The average Bonchev–Trinajstić information content (AvgIpc) is 3.78. The molecule has 0 saturated carbocycles. The van der Waals surface area contributed by atoms with E-state index < -0.39 is 0 Å². The lowest BCUT2D eigenvalue weighted by Gasteiger charge is -2.35. The molecular weight excluding hydrogens is 795 g/mol. The molecule has 0 aliphatic carbocycles. The summed E-state index contributed by atoms with van der Waals surface area (Å²) in [5, 5.41) is 2.18. The second-order valence-corrected chi connectivity index (χ2v) is 21.3. The molecule has 0 amide bonds. The average molecular weight is 854 g/mol. The summed E-state index contributed by atoms with van der Waals surface area (Å²) in [5.41, 5.74) is 18.3. The van der Waals surface area contributed by atoms with Crippen molar-refractivity contribution < 1.29 is 18.5 Å². The highest BCUT2D eigenvalue weighted by atomic mass is 16.5. The maximum Gasteiger partial charge on any atom is 0.299 e. The van der Waals surface area contributed by atoms with Crippen LogP contribution < -0.4 is 30.4 Å². The number of para-hydroxylation sites is 3. The molecule has 0 fully saturated rings. The Bertz CT molecular complexity index is 3330. The highest BCUT2D eigenvalue weighted by molar-refractivity contribution is 6.98. The first-order valence-electron chi connectivity index (χ1n) is 23.4. The van der Waals surface area contributed by atoms with Crippen LogP contribution in [0.25, 0.3) is 61.2 Å². The van der Waals surface area contributed by atoms with Crippen molar-refractivity contribution in [1.29, 1.82) is 0 Å². The fraction of sp³-hybridized carbons (Fsp3) is 0.271. The van der Waals surface area contributed by atoms with E-state index in [1.54, 1.807) is 0 Å². The predicted molar refractivity (Wildman–Crippen MR) is 271 cm³/mol. The van der Waals surface area contributed by atoms with Crippen LogP contribution in [-0.2, 0) is 17.9 Å². The number of aromatic nitrogens is 2. The number of aryl methyl sites for hydroxylation is 2. The third-order valence-corrected chi connectivity index (χ3v) is 14.2. The van der Waals surface area contributed by atoms with E-state index in [1.807, 2.05) is 0 Å². The van der Waals surface area contributed by atoms with Crippen LogP contribution in [0.5, 0.6) is 23.0 Å². The molecule has 0 saturated heterocycles. The lowest BCUT2D eigenvalue weighted by molar-refractivity contribution is -0.633. The monoisotopic (exact) mass is 853 g/mol. The van der Waals surface area contributed by atoms with Gasteiger partial charge in [0.25, 0.3) is 12.5 Å². The van der Waals surface area contributed by atoms with Gasteiger partial charge in [-0.25, -0.2) is 4.57 Å². The molecule has 0 atom stereocenters. The lowest BCUT2D eigenvalue weighted by atomic mass is 9.34. The third-order valence-electron chi connectivity index (χ3n) is 14.2. The standard InChI is InChI=1S/C59H58BN2O3/c1-33(2)40-16-15-17-41(34(3)4)55(40)62-47-19-14-13-18-46(47)61(12)57(62)53-35(5)20-24-43-42-25-21-36(28-50(42)65-56(43)53)37-29-51-54-52(30-37)64-49-27-23-39(59(9,10)11)32-45(49)60(54)44-31-38(58(6,7)8)22-26-48(44)63-51/h13-34H,1-12H3/q+1. The lowest BCUT2D eigenvalue weighted by Crippen LogP contribution is -2.57. The smallest absolute Gasteiger partial charge is 0.299 e. The number of rotatable bonds is 5.